The van der Waals surface area contributed by atoms with Crippen LogP contribution < -0.4 is 16.2 Å². The molecule has 172 valence electrons. The highest BCUT2D eigenvalue weighted by molar-refractivity contribution is 5.97. The van der Waals surface area contributed by atoms with Gasteiger partial charge in [-0.3, -0.25) is 19.0 Å². The molecule has 32 heavy (non-hydrogen) atoms. The van der Waals surface area contributed by atoms with E-state index >= 15 is 0 Å². The minimum atomic E-state index is -2.74. The van der Waals surface area contributed by atoms with Crippen LogP contribution in [0.1, 0.15) is 55.5 Å². The summed E-state index contributed by atoms with van der Waals surface area (Å²) in [5.74, 6) is -4.48. The number of alkyl halides is 2. The summed E-state index contributed by atoms with van der Waals surface area (Å²) in [7, 11) is 0. The summed E-state index contributed by atoms with van der Waals surface area (Å²) in [5.41, 5.74) is -0.449. The minimum absolute atomic E-state index is 0.000733. The Hall–Kier alpha value is -3.24. The molecule has 4 rings (SSSR count). The number of carbonyl (C=O) groups excluding carboxylic acids is 2. The van der Waals surface area contributed by atoms with Gasteiger partial charge in [0.25, 0.3) is 17.4 Å². The molecule has 2 heterocycles. The maximum Gasteiger partial charge on any atom is 0.270 e. The lowest BCUT2D eigenvalue weighted by Crippen LogP contribution is -2.50. The van der Waals surface area contributed by atoms with E-state index in [-0.39, 0.29) is 29.7 Å². The van der Waals surface area contributed by atoms with E-state index in [1.54, 1.807) is 0 Å². The highest BCUT2D eigenvalue weighted by Crippen LogP contribution is 2.37. The van der Waals surface area contributed by atoms with E-state index in [0.717, 1.165) is 17.4 Å². The van der Waals surface area contributed by atoms with Gasteiger partial charge in [-0.05, 0) is 24.8 Å². The Labute approximate surface area is 182 Å². The first-order chi connectivity index (χ1) is 15.1. The number of aromatic hydroxyl groups is 1. The summed E-state index contributed by atoms with van der Waals surface area (Å²) in [6.45, 7) is 4.04. The quantitative estimate of drug-likeness (QED) is 0.556. The molecule has 0 aromatic carbocycles. The molecular formula is C21H25F2N5O4. The van der Waals surface area contributed by atoms with Gasteiger partial charge in [-0.25, -0.2) is 8.78 Å². The monoisotopic (exact) mass is 449 g/mol. The molecule has 0 unspecified atom stereocenters. The molecule has 0 bridgehead atoms. The third kappa shape index (κ3) is 4.37. The average molecular weight is 449 g/mol. The molecule has 2 aromatic rings. The van der Waals surface area contributed by atoms with Gasteiger partial charge in [0, 0.05) is 43.1 Å². The van der Waals surface area contributed by atoms with Crippen LogP contribution in [0, 0.1) is 5.92 Å². The number of carbonyl (C=O) groups is 2. The van der Waals surface area contributed by atoms with Crippen molar-refractivity contribution in [1.29, 1.82) is 0 Å². The lowest BCUT2D eigenvalue weighted by molar-refractivity contribution is -0.124. The second-order valence-corrected chi connectivity index (χ2v) is 8.89. The van der Waals surface area contributed by atoms with Gasteiger partial charge in [0.05, 0.1) is 6.20 Å². The van der Waals surface area contributed by atoms with E-state index in [2.05, 4.69) is 15.7 Å². The van der Waals surface area contributed by atoms with Crippen LogP contribution in [0.25, 0.3) is 11.7 Å². The molecule has 2 fully saturated rings. The summed E-state index contributed by atoms with van der Waals surface area (Å²) < 4.78 is 28.3. The highest BCUT2D eigenvalue weighted by atomic mass is 19.3. The van der Waals surface area contributed by atoms with Crippen LogP contribution in [0.5, 0.6) is 5.88 Å². The third-order valence-corrected chi connectivity index (χ3v) is 5.45. The Bertz CT molecular complexity index is 1160. The van der Waals surface area contributed by atoms with E-state index in [9.17, 15) is 28.3 Å². The fourth-order valence-electron chi connectivity index (χ4n) is 3.73. The Kier molecular flexibility index (Phi) is 5.51. The van der Waals surface area contributed by atoms with Gasteiger partial charge < -0.3 is 15.7 Å². The first kappa shape index (κ1) is 22.0. The van der Waals surface area contributed by atoms with Gasteiger partial charge in [-0.15, -0.1) is 0 Å². The average Bonchev–Trinajstić information content (AvgIpc) is 3.37. The zero-order valence-electron chi connectivity index (χ0n) is 17.8. The first-order valence-electron chi connectivity index (χ1n) is 10.6. The van der Waals surface area contributed by atoms with Crippen molar-refractivity contribution in [2.75, 3.05) is 0 Å². The zero-order chi connectivity index (χ0) is 23.2. The molecule has 9 nitrogen and oxygen atoms in total. The standard InChI is InChI=1S/C21H25F2N5O4/c1-11(2)10-27-18-12(3-6-15(29)25-14-7-21(22,23)8-14)9-24-28(18)20(32)16(19(27)31)17(30)26-13-4-5-13/h3,6,9,11,13-14,32H,4-5,7-8,10H2,1-2H3,(H,25,29)(H,26,30)/b6-3+. The van der Waals surface area contributed by atoms with Gasteiger partial charge in [-0.1, -0.05) is 13.8 Å². The van der Waals surface area contributed by atoms with Crippen molar-refractivity contribution in [1.82, 2.24) is 24.8 Å². The van der Waals surface area contributed by atoms with E-state index in [0.29, 0.717) is 5.56 Å². The Morgan fingerprint density at radius 1 is 1.28 bits per heavy atom. The van der Waals surface area contributed by atoms with Crippen LogP contribution in [-0.2, 0) is 11.3 Å². The van der Waals surface area contributed by atoms with Gasteiger partial charge in [0.1, 0.15) is 5.65 Å². The molecule has 0 radical (unpaired) electrons. The maximum atomic E-state index is 13.2. The fourth-order valence-corrected chi connectivity index (χ4v) is 3.73. The SMILES string of the molecule is CC(C)Cn1c(=O)c(C(=O)NC2CC2)c(O)n2ncc(/C=C/C(=O)NC3CC(F)(F)C3)c12. The molecule has 0 saturated heterocycles. The van der Waals surface area contributed by atoms with Crippen molar-refractivity contribution in [2.45, 2.75) is 64.1 Å². The predicted molar refractivity (Wildman–Crippen MR) is 112 cm³/mol. The van der Waals surface area contributed by atoms with Crippen molar-refractivity contribution in [3.8, 4) is 5.88 Å². The van der Waals surface area contributed by atoms with Crippen molar-refractivity contribution < 1.29 is 23.5 Å². The van der Waals surface area contributed by atoms with Crippen LogP contribution in [0.3, 0.4) is 0 Å². The molecule has 0 atom stereocenters. The van der Waals surface area contributed by atoms with E-state index in [4.69, 9.17) is 0 Å². The number of amides is 2. The first-order valence-corrected chi connectivity index (χ1v) is 10.6. The van der Waals surface area contributed by atoms with Gasteiger partial charge >= 0.3 is 0 Å². The summed E-state index contributed by atoms with van der Waals surface area (Å²) in [5, 5.41) is 19.9. The molecule has 2 saturated carbocycles. The normalized spacial score (nSPS) is 18.3. The molecule has 0 aliphatic heterocycles. The second kappa shape index (κ2) is 8.03. The number of fused-ring (bicyclic) bond motifs is 1. The predicted octanol–water partition coefficient (Wildman–Crippen LogP) is 1.68. The van der Waals surface area contributed by atoms with Crippen LogP contribution >= 0.6 is 0 Å². The summed E-state index contributed by atoms with van der Waals surface area (Å²) >= 11 is 0. The molecule has 2 aliphatic rings. The second-order valence-electron chi connectivity index (χ2n) is 8.89. The number of aromatic nitrogens is 3. The Balaban J connectivity index is 1.67. The van der Waals surface area contributed by atoms with Crippen molar-refractivity contribution in [3.63, 3.8) is 0 Å². The van der Waals surface area contributed by atoms with E-state index < -0.39 is 48.1 Å². The van der Waals surface area contributed by atoms with Gasteiger partial charge in [0.15, 0.2) is 5.56 Å². The van der Waals surface area contributed by atoms with E-state index in [1.165, 1.54) is 22.9 Å². The highest BCUT2D eigenvalue weighted by Gasteiger charge is 2.45. The summed E-state index contributed by atoms with van der Waals surface area (Å²) in [6, 6.07) is -0.581. The minimum Gasteiger partial charge on any atom is -0.492 e. The Morgan fingerprint density at radius 2 is 1.97 bits per heavy atom. The van der Waals surface area contributed by atoms with Gasteiger partial charge in [-0.2, -0.15) is 9.61 Å². The molecule has 0 spiro atoms. The topological polar surface area (TPSA) is 118 Å². The number of hydrogen-bond donors (Lipinski definition) is 3. The third-order valence-electron chi connectivity index (χ3n) is 5.45. The van der Waals surface area contributed by atoms with Crippen LogP contribution in [0.2, 0.25) is 0 Å². The lowest BCUT2D eigenvalue weighted by Gasteiger charge is -2.34. The number of halogens is 2. The van der Waals surface area contributed by atoms with Crippen LogP contribution in [0.15, 0.2) is 17.1 Å². The summed E-state index contributed by atoms with van der Waals surface area (Å²) in [6.07, 6.45) is 4.79. The number of nitrogens with one attached hydrogen (secondary N) is 2. The van der Waals surface area contributed by atoms with Crippen molar-refractivity contribution in [2.24, 2.45) is 5.92 Å². The van der Waals surface area contributed by atoms with Crippen molar-refractivity contribution >= 4 is 23.5 Å². The molecule has 2 aliphatic carbocycles. The van der Waals surface area contributed by atoms with Gasteiger partial charge in [0.2, 0.25) is 11.8 Å². The Morgan fingerprint density at radius 3 is 2.56 bits per heavy atom. The molecule has 2 aromatic heterocycles. The number of hydrogen-bond acceptors (Lipinski definition) is 5. The van der Waals surface area contributed by atoms with Crippen LogP contribution in [-0.4, -0.2) is 49.1 Å². The largest absolute Gasteiger partial charge is 0.492 e. The smallest absolute Gasteiger partial charge is 0.270 e. The molecule has 3 N–H and O–H groups in total. The molecule has 11 heteroatoms. The molecule has 2 amide bonds. The number of rotatable bonds is 7. The maximum absolute atomic E-state index is 13.2. The lowest BCUT2D eigenvalue weighted by atomic mass is 9.88. The molecular weight excluding hydrogens is 424 g/mol. The zero-order valence-corrected chi connectivity index (χ0v) is 17.8. The summed E-state index contributed by atoms with van der Waals surface area (Å²) in [4.78, 5) is 37.8. The fraction of sp³-hybridized carbons (Fsp3) is 0.524. The van der Waals surface area contributed by atoms with E-state index in [1.807, 2.05) is 13.8 Å². The number of nitrogens with zero attached hydrogens (tertiary/aromatic N) is 3. The van der Waals surface area contributed by atoms with Crippen molar-refractivity contribution in [3.05, 3.63) is 33.8 Å². The van der Waals surface area contributed by atoms with Crippen LogP contribution in [0.4, 0.5) is 8.78 Å².